The Morgan fingerprint density at radius 2 is 1.69 bits per heavy atom. The van der Waals surface area contributed by atoms with Gasteiger partial charge >= 0.3 is 11.8 Å². The summed E-state index contributed by atoms with van der Waals surface area (Å²) in [7, 11) is 0. The third-order valence-electron chi connectivity index (χ3n) is 4.04. The first-order valence-corrected chi connectivity index (χ1v) is 9.20. The average molecular weight is 388 g/mol. The smallest absolute Gasteiger partial charge is 0.313 e. The summed E-state index contributed by atoms with van der Waals surface area (Å²) < 4.78 is 0. The van der Waals surface area contributed by atoms with Gasteiger partial charge in [-0.3, -0.25) is 19.4 Å². The first-order valence-electron chi connectivity index (χ1n) is 9.20. The molecule has 1 aromatic heterocycles. The van der Waals surface area contributed by atoms with E-state index in [2.05, 4.69) is 20.6 Å². The predicted molar refractivity (Wildman–Crippen MR) is 111 cm³/mol. The molecule has 1 heterocycles. The summed E-state index contributed by atoms with van der Waals surface area (Å²) in [5.74, 6) is -1.64. The number of amides is 2. The Labute approximate surface area is 167 Å². The van der Waals surface area contributed by atoms with Crippen LogP contribution >= 0.6 is 0 Å². The van der Waals surface area contributed by atoms with E-state index in [-0.39, 0.29) is 5.78 Å². The molecule has 0 aliphatic carbocycles. The Morgan fingerprint density at radius 3 is 2.41 bits per heavy atom. The highest BCUT2D eigenvalue weighted by molar-refractivity contribution is 6.39. The Hall–Kier alpha value is -3.87. The summed E-state index contributed by atoms with van der Waals surface area (Å²) in [5.41, 5.74) is 3.01. The summed E-state index contributed by atoms with van der Waals surface area (Å²) in [5, 5.41) is 4.99. The zero-order valence-electron chi connectivity index (χ0n) is 15.9. The first-order chi connectivity index (χ1) is 14.1. The molecule has 29 heavy (non-hydrogen) atoms. The number of para-hydroxylation sites is 2. The van der Waals surface area contributed by atoms with E-state index in [0.29, 0.717) is 23.5 Å². The molecule has 2 N–H and O–H groups in total. The van der Waals surface area contributed by atoms with Crippen LogP contribution in [0.15, 0.2) is 60.8 Å². The van der Waals surface area contributed by atoms with Crippen LogP contribution in [0, 0.1) is 0 Å². The van der Waals surface area contributed by atoms with E-state index in [1.54, 1.807) is 36.5 Å². The molecule has 0 radical (unpaired) electrons. The highest BCUT2D eigenvalue weighted by atomic mass is 16.2. The van der Waals surface area contributed by atoms with Crippen molar-refractivity contribution in [1.29, 1.82) is 0 Å². The van der Waals surface area contributed by atoms with Crippen molar-refractivity contribution in [3.8, 4) is 0 Å². The van der Waals surface area contributed by atoms with Gasteiger partial charge in [0.2, 0.25) is 0 Å². The van der Waals surface area contributed by atoms with E-state index in [0.717, 1.165) is 17.5 Å². The molecule has 146 valence electrons. The van der Waals surface area contributed by atoms with Gasteiger partial charge in [-0.15, -0.1) is 0 Å². The molecule has 2 amide bonds. The van der Waals surface area contributed by atoms with Crippen molar-refractivity contribution in [2.75, 3.05) is 11.9 Å². The van der Waals surface area contributed by atoms with E-state index in [1.807, 2.05) is 31.2 Å². The minimum absolute atomic E-state index is 0.210. The van der Waals surface area contributed by atoms with E-state index in [1.165, 1.54) is 6.08 Å². The maximum Gasteiger partial charge on any atom is 0.313 e. The molecule has 0 atom stereocenters. The van der Waals surface area contributed by atoms with Crippen molar-refractivity contribution in [3.05, 3.63) is 72.1 Å². The molecule has 2 aromatic carbocycles. The second-order valence-corrected chi connectivity index (χ2v) is 6.27. The molecule has 3 rings (SSSR count). The molecule has 7 nitrogen and oxygen atoms in total. The lowest BCUT2D eigenvalue weighted by molar-refractivity contribution is -0.136. The number of carbonyl (C=O) groups is 3. The van der Waals surface area contributed by atoms with Crippen LogP contribution in [-0.4, -0.2) is 34.1 Å². The Morgan fingerprint density at radius 1 is 0.966 bits per heavy atom. The molecule has 0 fully saturated rings. The van der Waals surface area contributed by atoms with Crippen LogP contribution in [0.1, 0.15) is 29.4 Å². The van der Waals surface area contributed by atoms with Crippen molar-refractivity contribution in [2.24, 2.45) is 0 Å². The highest BCUT2D eigenvalue weighted by Gasteiger charge is 2.12. The van der Waals surface area contributed by atoms with Gasteiger partial charge in [0, 0.05) is 17.8 Å². The van der Waals surface area contributed by atoms with Gasteiger partial charge in [-0.2, -0.15) is 0 Å². The normalized spacial score (nSPS) is 10.8. The summed E-state index contributed by atoms with van der Waals surface area (Å²) in [6, 6.07) is 13.8. The summed E-state index contributed by atoms with van der Waals surface area (Å²) in [4.78, 5) is 44.5. The quantitative estimate of drug-likeness (QED) is 0.384. The van der Waals surface area contributed by atoms with E-state index < -0.39 is 11.8 Å². The van der Waals surface area contributed by atoms with Crippen LogP contribution in [-0.2, 0) is 9.59 Å². The van der Waals surface area contributed by atoms with Gasteiger partial charge in [-0.05, 0) is 55.0 Å². The standard InChI is InChI=1S/C22H20N4O3/c1-2-13-23-21(28)22(29)26-16-9-7-15(8-10-16)20(27)12-11-17-14-24-18-5-3-4-6-19(18)25-17/h3-12,14H,2,13H2,1H3,(H,23,28)(H,26,29). The largest absolute Gasteiger partial charge is 0.348 e. The molecular formula is C22H20N4O3. The SMILES string of the molecule is CCCNC(=O)C(=O)Nc1ccc(C(=O)C=Cc2cnc3ccccc3n2)cc1. The lowest BCUT2D eigenvalue weighted by Crippen LogP contribution is -2.35. The summed E-state index contributed by atoms with van der Waals surface area (Å²) in [6.45, 7) is 2.34. The number of hydrogen-bond acceptors (Lipinski definition) is 5. The fraction of sp³-hybridized carbons (Fsp3) is 0.136. The second kappa shape index (κ2) is 9.36. The fourth-order valence-electron chi connectivity index (χ4n) is 2.53. The third-order valence-corrected chi connectivity index (χ3v) is 4.04. The topological polar surface area (TPSA) is 101 Å². The Balaban J connectivity index is 1.62. The van der Waals surface area contributed by atoms with Gasteiger partial charge in [0.15, 0.2) is 5.78 Å². The minimum Gasteiger partial charge on any atom is -0.348 e. The summed E-state index contributed by atoms with van der Waals surface area (Å²) >= 11 is 0. The number of anilines is 1. The Kier molecular flexibility index (Phi) is 6.42. The second-order valence-electron chi connectivity index (χ2n) is 6.27. The monoisotopic (exact) mass is 388 g/mol. The van der Waals surface area contributed by atoms with Crippen LogP contribution in [0.4, 0.5) is 5.69 Å². The van der Waals surface area contributed by atoms with Gasteiger partial charge in [-0.25, -0.2) is 4.98 Å². The molecule has 0 bridgehead atoms. The number of nitrogens with one attached hydrogen (secondary N) is 2. The lowest BCUT2D eigenvalue weighted by Gasteiger charge is -2.06. The number of ketones is 1. The molecule has 0 spiro atoms. The molecule has 0 unspecified atom stereocenters. The van der Waals surface area contributed by atoms with Crippen LogP contribution < -0.4 is 10.6 Å². The van der Waals surface area contributed by atoms with Crippen molar-refractivity contribution >= 4 is 40.4 Å². The van der Waals surface area contributed by atoms with Gasteiger partial charge < -0.3 is 10.6 Å². The molecule has 0 aliphatic heterocycles. The van der Waals surface area contributed by atoms with Crippen LogP contribution in [0.5, 0.6) is 0 Å². The van der Waals surface area contributed by atoms with Gasteiger partial charge in [0.25, 0.3) is 0 Å². The molecule has 0 aliphatic rings. The third kappa shape index (κ3) is 5.32. The zero-order chi connectivity index (χ0) is 20.6. The zero-order valence-corrected chi connectivity index (χ0v) is 15.9. The predicted octanol–water partition coefficient (Wildman–Crippen LogP) is 2.99. The number of aromatic nitrogens is 2. The number of benzene rings is 2. The maximum atomic E-state index is 12.4. The molecule has 7 heteroatoms. The van der Waals surface area contributed by atoms with Crippen molar-refractivity contribution in [3.63, 3.8) is 0 Å². The number of carbonyl (C=O) groups excluding carboxylic acids is 3. The van der Waals surface area contributed by atoms with E-state index in [9.17, 15) is 14.4 Å². The summed E-state index contributed by atoms with van der Waals surface area (Å²) in [6.07, 6.45) is 5.38. The fourth-order valence-corrected chi connectivity index (χ4v) is 2.53. The maximum absolute atomic E-state index is 12.4. The van der Waals surface area contributed by atoms with Crippen LogP contribution in [0.3, 0.4) is 0 Å². The molecule has 0 saturated heterocycles. The number of allylic oxidation sites excluding steroid dienone is 1. The lowest BCUT2D eigenvalue weighted by atomic mass is 10.1. The first kappa shape index (κ1) is 19.9. The number of hydrogen-bond donors (Lipinski definition) is 2. The number of rotatable bonds is 6. The van der Waals surface area contributed by atoms with Crippen LogP contribution in [0.2, 0.25) is 0 Å². The number of fused-ring (bicyclic) bond motifs is 1. The van der Waals surface area contributed by atoms with E-state index >= 15 is 0 Å². The van der Waals surface area contributed by atoms with Crippen LogP contribution in [0.25, 0.3) is 17.1 Å². The number of nitrogens with zero attached hydrogens (tertiary/aromatic N) is 2. The minimum atomic E-state index is -0.743. The van der Waals surface area contributed by atoms with E-state index in [4.69, 9.17) is 0 Å². The molecule has 0 saturated carbocycles. The van der Waals surface area contributed by atoms with Gasteiger partial charge in [-0.1, -0.05) is 19.1 Å². The van der Waals surface area contributed by atoms with Crippen molar-refractivity contribution in [2.45, 2.75) is 13.3 Å². The van der Waals surface area contributed by atoms with Crippen molar-refractivity contribution < 1.29 is 14.4 Å². The van der Waals surface area contributed by atoms with Gasteiger partial charge in [0.05, 0.1) is 22.9 Å². The highest BCUT2D eigenvalue weighted by Crippen LogP contribution is 2.12. The van der Waals surface area contributed by atoms with Gasteiger partial charge in [0.1, 0.15) is 0 Å². The molecule has 3 aromatic rings. The molecular weight excluding hydrogens is 368 g/mol. The average Bonchev–Trinajstić information content (AvgIpc) is 2.76. The van der Waals surface area contributed by atoms with Crippen molar-refractivity contribution in [1.82, 2.24) is 15.3 Å². The Bertz CT molecular complexity index is 1070.